The van der Waals surface area contributed by atoms with Crippen LogP contribution in [0.2, 0.25) is 18.1 Å². The van der Waals surface area contributed by atoms with Gasteiger partial charge in [-0.2, -0.15) is 0 Å². The average Bonchev–Trinajstić information content (AvgIpc) is 2.44. The number of hydrogen-bond donors (Lipinski definition) is 2. The summed E-state index contributed by atoms with van der Waals surface area (Å²) in [7, 11) is 1.09. The third-order valence-electron chi connectivity index (χ3n) is 5.08. The Balaban J connectivity index is 2.91. The molecule has 23 heavy (non-hydrogen) atoms. The molecule has 0 unspecified atom stereocenters. The number of aliphatic hydroxyl groups excluding tert-OH is 2. The van der Waals surface area contributed by atoms with Crippen LogP contribution in [0.4, 0.5) is 0 Å². The lowest BCUT2D eigenvalue weighted by Crippen LogP contribution is -2.59. The van der Waals surface area contributed by atoms with Crippen molar-refractivity contribution in [1.29, 1.82) is 0 Å². The van der Waals surface area contributed by atoms with Crippen LogP contribution in [0.15, 0.2) is 0 Å². The van der Waals surface area contributed by atoms with Crippen LogP contribution in [-0.4, -0.2) is 70.6 Å². The van der Waals surface area contributed by atoms with E-state index in [4.69, 9.17) is 18.6 Å². The Morgan fingerprint density at radius 1 is 1.04 bits per heavy atom. The van der Waals surface area contributed by atoms with Crippen molar-refractivity contribution in [2.24, 2.45) is 5.92 Å². The van der Waals surface area contributed by atoms with E-state index in [0.717, 1.165) is 0 Å². The van der Waals surface area contributed by atoms with Gasteiger partial charge in [0.1, 0.15) is 19.0 Å². The highest BCUT2D eigenvalue weighted by molar-refractivity contribution is 6.74. The van der Waals surface area contributed by atoms with Gasteiger partial charge in [-0.1, -0.05) is 20.8 Å². The van der Waals surface area contributed by atoms with Gasteiger partial charge in [-0.3, -0.25) is 0 Å². The fourth-order valence-corrected chi connectivity index (χ4v) is 4.01. The van der Waals surface area contributed by atoms with Crippen molar-refractivity contribution in [3.05, 3.63) is 0 Å². The van der Waals surface area contributed by atoms with Crippen molar-refractivity contribution in [2.45, 2.75) is 69.7 Å². The topological polar surface area (TPSA) is 77.4 Å². The molecule has 6 nitrogen and oxygen atoms in total. The maximum Gasteiger partial charge on any atom is 0.192 e. The van der Waals surface area contributed by atoms with E-state index >= 15 is 0 Å². The first kappa shape index (κ1) is 21.0. The van der Waals surface area contributed by atoms with Gasteiger partial charge in [-0.05, 0) is 24.6 Å². The summed E-state index contributed by atoms with van der Waals surface area (Å²) >= 11 is 0. The molecule has 1 aliphatic carbocycles. The number of rotatable bonds is 7. The Hall–Kier alpha value is -0.0231. The van der Waals surface area contributed by atoms with E-state index in [0.29, 0.717) is 13.0 Å². The lowest BCUT2D eigenvalue weighted by Gasteiger charge is -2.47. The summed E-state index contributed by atoms with van der Waals surface area (Å²) < 4.78 is 22.1. The maximum absolute atomic E-state index is 10.6. The first-order chi connectivity index (χ1) is 10.5. The van der Waals surface area contributed by atoms with Gasteiger partial charge in [-0.25, -0.2) is 0 Å². The second-order valence-corrected chi connectivity index (χ2v) is 12.6. The zero-order valence-electron chi connectivity index (χ0n) is 15.5. The quantitative estimate of drug-likeness (QED) is 0.538. The van der Waals surface area contributed by atoms with E-state index in [1.165, 1.54) is 7.11 Å². The molecular weight excluding hydrogens is 316 g/mol. The van der Waals surface area contributed by atoms with Gasteiger partial charge in [0.05, 0.1) is 18.8 Å². The van der Waals surface area contributed by atoms with Crippen LogP contribution in [0.3, 0.4) is 0 Å². The van der Waals surface area contributed by atoms with Crippen LogP contribution in [0.5, 0.6) is 0 Å². The molecule has 0 aliphatic heterocycles. The van der Waals surface area contributed by atoms with E-state index in [1.807, 2.05) is 0 Å². The molecule has 0 radical (unpaired) electrons. The van der Waals surface area contributed by atoms with E-state index in [2.05, 4.69) is 33.9 Å². The third-order valence-corrected chi connectivity index (χ3v) is 9.56. The van der Waals surface area contributed by atoms with Crippen molar-refractivity contribution < 1.29 is 28.8 Å². The molecule has 5 atom stereocenters. The number of methoxy groups -OCH3 is 2. The minimum Gasteiger partial charge on any atom is -0.411 e. The molecule has 0 aromatic heterocycles. The molecule has 138 valence electrons. The second kappa shape index (κ2) is 8.38. The lowest BCUT2D eigenvalue weighted by atomic mass is 9.81. The molecule has 0 bridgehead atoms. The minimum atomic E-state index is -2.07. The Morgan fingerprint density at radius 2 is 1.65 bits per heavy atom. The fourth-order valence-electron chi connectivity index (χ4n) is 2.65. The normalized spacial score (nSPS) is 33.0. The third kappa shape index (κ3) is 5.22. The Bertz CT molecular complexity index is 357. The van der Waals surface area contributed by atoms with Crippen molar-refractivity contribution in [1.82, 2.24) is 0 Å². The standard InChI is InChI=1S/C16H34O6Si/c1-16(2,3)23(6,7)22-15-11(9-19-4)8-12(21-10-20-5)13(17)14(15)18/h11-15,17-18H,8-10H2,1-7H3/t11-,12-,13-,14-,15-/m1/s1. The summed E-state index contributed by atoms with van der Waals surface area (Å²) in [6, 6.07) is 0. The smallest absolute Gasteiger partial charge is 0.192 e. The monoisotopic (exact) mass is 350 g/mol. The van der Waals surface area contributed by atoms with E-state index in [1.54, 1.807) is 7.11 Å². The van der Waals surface area contributed by atoms with Gasteiger partial charge >= 0.3 is 0 Å². The molecule has 1 aliphatic rings. The van der Waals surface area contributed by atoms with Crippen LogP contribution in [-0.2, 0) is 18.6 Å². The lowest BCUT2D eigenvalue weighted by molar-refractivity contribution is -0.196. The molecular formula is C16H34O6Si. The van der Waals surface area contributed by atoms with Crippen molar-refractivity contribution in [3.63, 3.8) is 0 Å². The molecule has 0 heterocycles. The highest BCUT2D eigenvalue weighted by atomic mass is 28.4. The summed E-state index contributed by atoms with van der Waals surface area (Å²) in [5.74, 6) is -0.0330. The van der Waals surface area contributed by atoms with Gasteiger partial charge in [0.25, 0.3) is 0 Å². The van der Waals surface area contributed by atoms with Crippen molar-refractivity contribution in [3.8, 4) is 0 Å². The molecule has 0 aromatic rings. The average molecular weight is 351 g/mol. The van der Waals surface area contributed by atoms with E-state index < -0.39 is 32.7 Å². The van der Waals surface area contributed by atoms with Crippen molar-refractivity contribution in [2.75, 3.05) is 27.6 Å². The summed E-state index contributed by atoms with van der Waals surface area (Å²) in [6.45, 7) is 11.3. The summed E-state index contributed by atoms with van der Waals surface area (Å²) in [4.78, 5) is 0. The Labute approximate surface area is 141 Å². The Morgan fingerprint density at radius 3 is 2.13 bits per heavy atom. The second-order valence-electron chi connectivity index (χ2n) is 7.89. The van der Waals surface area contributed by atoms with Crippen LogP contribution in [0, 0.1) is 5.92 Å². The van der Waals surface area contributed by atoms with Gasteiger partial charge in [0, 0.05) is 20.1 Å². The SMILES string of the molecule is COCO[C@@H]1C[C@H](COC)[C@@H](O[Si](C)(C)C(C)(C)C)[C@H](O)[C@@H]1O. The van der Waals surface area contributed by atoms with Crippen molar-refractivity contribution >= 4 is 8.32 Å². The number of ether oxygens (including phenoxy) is 3. The molecule has 0 spiro atoms. The zero-order chi connectivity index (χ0) is 17.8. The predicted molar refractivity (Wildman–Crippen MR) is 90.8 cm³/mol. The van der Waals surface area contributed by atoms with Crippen LogP contribution < -0.4 is 0 Å². The number of hydrogen-bond acceptors (Lipinski definition) is 6. The highest BCUT2D eigenvalue weighted by Crippen LogP contribution is 2.40. The van der Waals surface area contributed by atoms with Gasteiger partial charge in [0.2, 0.25) is 0 Å². The first-order valence-corrected chi connectivity index (χ1v) is 11.1. The first-order valence-electron chi connectivity index (χ1n) is 8.18. The maximum atomic E-state index is 10.6. The van der Waals surface area contributed by atoms with E-state index in [9.17, 15) is 10.2 Å². The summed E-state index contributed by atoms with van der Waals surface area (Å²) in [6.07, 6.45) is -2.36. The molecule has 0 amide bonds. The molecule has 1 fully saturated rings. The van der Waals surface area contributed by atoms with Gasteiger partial charge in [0.15, 0.2) is 8.32 Å². The number of aliphatic hydroxyl groups is 2. The van der Waals surface area contributed by atoms with Crippen LogP contribution >= 0.6 is 0 Å². The van der Waals surface area contributed by atoms with Crippen LogP contribution in [0.1, 0.15) is 27.2 Å². The van der Waals surface area contributed by atoms with Crippen LogP contribution in [0.25, 0.3) is 0 Å². The molecule has 1 rings (SSSR count). The molecule has 7 heteroatoms. The predicted octanol–water partition coefficient (Wildman–Crippen LogP) is 1.75. The largest absolute Gasteiger partial charge is 0.411 e. The Kier molecular flexibility index (Phi) is 7.66. The van der Waals surface area contributed by atoms with Gasteiger partial charge < -0.3 is 28.8 Å². The molecule has 0 aromatic carbocycles. The highest BCUT2D eigenvalue weighted by Gasteiger charge is 2.49. The molecule has 1 saturated carbocycles. The molecule has 0 saturated heterocycles. The molecule has 2 N–H and O–H groups in total. The zero-order valence-corrected chi connectivity index (χ0v) is 16.5. The fraction of sp³-hybridized carbons (Fsp3) is 1.00. The van der Waals surface area contributed by atoms with Gasteiger partial charge in [-0.15, -0.1) is 0 Å². The minimum absolute atomic E-state index is 0.0265. The summed E-state index contributed by atoms with van der Waals surface area (Å²) in [5, 5.41) is 21.0. The summed E-state index contributed by atoms with van der Waals surface area (Å²) in [5.41, 5.74) is 0. The van der Waals surface area contributed by atoms with E-state index in [-0.39, 0.29) is 17.7 Å².